The molecule has 0 atom stereocenters. The van der Waals surface area contributed by atoms with Crippen molar-refractivity contribution in [3.63, 3.8) is 0 Å². The first-order chi connectivity index (χ1) is 9.66. The molecule has 0 saturated carbocycles. The summed E-state index contributed by atoms with van der Waals surface area (Å²) in [6.07, 6.45) is 1.63. The molecule has 5 nitrogen and oxygen atoms in total. The Labute approximate surface area is 116 Å². The largest absolute Gasteiger partial charge is 0.395 e. The molecule has 108 valence electrons. The van der Waals surface area contributed by atoms with Gasteiger partial charge in [0.2, 0.25) is 0 Å². The predicted molar refractivity (Wildman–Crippen MR) is 71.6 cm³/mol. The molecule has 6 heteroatoms. The Morgan fingerprint density at radius 3 is 2.55 bits per heavy atom. The first kappa shape index (κ1) is 14.6. The van der Waals surface area contributed by atoms with Crippen LogP contribution >= 0.6 is 0 Å². The maximum atomic E-state index is 14.0. The standard InChI is InChI=1S/C14H18FN3O2/c1-2-18-13(16-10-17-18)7-14(8-19,9-20)11-5-3-4-6-12(11)15/h3-6,10,19-20H,2,7-9H2,1H3. The van der Waals surface area contributed by atoms with Crippen molar-refractivity contribution in [1.82, 2.24) is 14.8 Å². The van der Waals surface area contributed by atoms with Crippen LogP contribution in [0, 0.1) is 5.82 Å². The van der Waals surface area contributed by atoms with Gasteiger partial charge in [-0.2, -0.15) is 5.10 Å². The Morgan fingerprint density at radius 1 is 1.25 bits per heavy atom. The molecular formula is C14H18FN3O2. The van der Waals surface area contributed by atoms with E-state index in [1.165, 1.54) is 12.4 Å². The number of aliphatic hydroxyl groups excluding tert-OH is 2. The van der Waals surface area contributed by atoms with Crippen molar-refractivity contribution in [3.8, 4) is 0 Å². The lowest BCUT2D eigenvalue weighted by Crippen LogP contribution is -2.39. The number of benzene rings is 1. The molecule has 0 aliphatic rings. The number of rotatable bonds is 6. The lowest BCUT2D eigenvalue weighted by atomic mass is 9.78. The van der Waals surface area contributed by atoms with Crippen LogP contribution in [0.4, 0.5) is 4.39 Å². The molecule has 1 aromatic carbocycles. The quantitative estimate of drug-likeness (QED) is 0.824. The van der Waals surface area contributed by atoms with Gasteiger partial charge in [-0.3, -0.25) is 4.68 Å². The molecule has 0 aliphatic carbocycles. The second-order valence-electron chi connectivity index (χ2n) is 4.75. The van der Waals surface area contributed by atoms with Gasteiger partial charge in [-0.1, -0.05) is 18.2 Å². The molecule has 2 aromatic rings. The molecule has 0 fully saturated rings. The molecular weight excluding hydrogens is 261 g/mol. The maximum absolute atomic E-state index is 14.0. The third kappa shape index (κ3) is 2.57. The Balaban J connectivity index is 2.43. The Kier molecular flexibility index (Phi) is 4.46. The molecule has 0 spiro atoms. The van der Waals surface area contributed by atoms with Crippen molar-refractivity contribution in [3.05, 3.63) is 47.8 Å². The summed E-state index contributed by atoms with van der Waals surface area (Å²) in [4.78, 5) is 4.13. The number of aliphatic hydroxyl groups is 2. The summed E-state index contributed by atoms with van der Waals surface area (Å²) in [5.74, 6) is 0.164. The SMILES string of the molecule is CCn1ncnc1CC(CO)(CO)c1ccccc1F. The number of hydrogen-bond acceptors (Lipinski definition) is 4. The molecule has 1 aromatic heterocycles. The second-order valence-corrected chi connectivity index (χ2v) is 4.75. The number of aryl methyl sites for hydroxylation is 1. The minimum absolute atomic E-state index is 0.217. The Bertz CT molecular complexity index is 567. The van der Waals surface area contributed by atoms with E-state index < -0.39 is 11.2 Å². The zero-order chi connectivity index (χ0) is 14.6. The first-order valence-electron chi connectivity index (χ1n) is 6.50. The van der Waals surface area contributed by atoms with Gasteiger partial charge in [0, 0.05) is 13.0 Å². The van der Waals surface area contributed by atoms with E-state index >= 15 is 0 Å². The Morgan fingerprint density at radius 2 is 1.95 bits per heavy atom. The number of aromatic nitrogens is 3. The molecule has 1 heterocycles. The highest BCUT2D eigenvalue weighted by atomic mass is 19.1. The van der Waals surface area contributed by atoms with Gasteiger partial charge in [-0.15, -0.1) is 0 Å². The molecule has 0 bridgehead atoms. The third-order valence-corrected chi connectivity index (χ3v) is 3.54. The molecule has 2 N–H and O–H groups in total. The average molecular weight is 279 g/mol. The molecule has 0 amide bonds. The fourth-order valence-electron chi connectivity index (χ4n) is 2.31. The topological polar surface area (TPSA) is 71.2 Å². The van der Waals surface area contributed by atoms with Crippen LogP contribution in [0.2, 0.25) is 0 Å². The number of nitrogens with zero attached hydrogens (tertiary/aromatic N) is 3. The zero-order valence-electron chi connectivity index (χ0n) is 11.3. The fraction of sp³-hybridized carbons (Fsp3) is 0.429. The molecule has 2 rings (SSSR count). The van der Waals surface area contributed by atoms with Crippen LogP contribution in [0.25, 0.3) is 0 Å². The molecule has 20 heavy (non-hydrogen) atoms. The van der Waals surface area contributed by atoms with Gasteiger partial charge >= 0.3 is 0 Å². The lowest BCUT2D eigenvalue weighted by molar-refractivity contribution is 0.111. The zero-order valence-corrected chi connectivity index (χ0v) is 11.3. The normalized spacial score (nSPS) is 11.8. The van der Waals surface area contributed by atoms with Gasteiger partial charge in [-0.25, -0.2) is 9.37 Å². The summed E-state index contributed by atoms with van der Waals surface area (Å²) in [6.45, 7) is 1.79. The summed E-state index contributed by atoms with van der Waals surface area (Å²) in [7, 11) is 0. The van der Waals surface area contributed by atoms with Crippen molar-refractivity contribution in [1.29, 1.82) is 0 Å². The van der Waals surface area contributed by atoms with Gasteiger partial charge in [-0.05, 0) is 18.6 Å². The van der Waals surface area contributed by atoms with E-state index in [1.54, 1.807) is 22.9 Å². The van der Waals surface area contributed by atoms with Crippen LogP contribution in [-0.4, -0.2) is 38.2 Å². The monoisotopic (exact) mass is 279 g/mol. The van der Waals surface area contributed by atoms with Gasteiger partial charge in [0.05, 0.1) is 18.6 Å². The summed E-state index contributed by atoms with van der Waals surface area (Å²) in [5, 5.41) is 23.5. The van der Waals surface area contributed by atoms with Crippen LogP contribution in [0.3, 0.4) is 0 Å². The summed E-state index contributed by atoms with van der Waals surface area (Å²) in [5.41, 5.74) is -0.818. The number of hydrogen-bond donors (Lipinski definition) is 2. The highest BCUT2D eigenvalue weighted by Crippen LogP contribution is 2.29. The van der Waals surface area contributed by atoms with E-state index in [2.05, 4.69) is 10.1 Å². The van der Waals surface area contributed by atoms with Crippen molar-refractivity contribution in [2.75, 3.05) is 13.2 Å². The van der Waals surface area contributed by atoms with Gasteiger partial charge < -0.3 is 10.2 Å². The third-order valence-electron chi connectivity index (χ3n) is 3.54. The highest BCUT2D eigenvalue weighted by molar-refractivity contribution is 5.29. The van der Waals surface area contributed by atoms with Gasteiger partial charge in [0.15, 0.2) is 0 Å². The average Bonchev–Trinajstić information content (AvgIpc) is 2.92. The van der Waals surface area contributed by atoms with E-state index in [0.717, 1.165) is 0 Å². The van der Waals surface area contributed by atoms with Gasteiger partial charge in [0.1, 0.15) is 18.0 Å². The summed E-state index contributed by atoms with van der Waals surface area (Å²) < 4.78 is 15.7. The van der Waals surface area contributed by atoms with E-state index in [1.807, 2.05) is 6.92 Å². The van der Waals surface area contributed by atoms with Crippen LogP contribution in [0.15, 0.2) is 30.6 Å². The second kappa shape index (κ2) is 6.11. The Hall–Kier alpha value is -1.79. The van der Waals surface area contributed by atoms with E-state index in [9.17, 15) is 14.6 Å². The summed E-state index contributed by atoms with van der Waals surface area (Å²) in [6, 6.07) is 6.16. The van der Waals surface area contributed by atoms with Crippen LogP contribution < -0.4 is 0 Å². The molecule has 0 saturated heterocycles. The number of halogens is 1. The van der Waals surface area contributed by atoms with Crippen LogP contribution in [-0.2, 0) is 18.4 Å². The van der Waals surface area contributed by atoms with Crippen molar-refractivity contribution < 1.29 is 14.6 Å². The van der Waals surface area contributed by atoms with Crippen molar-refractivity contribution >= 4 is 0 Å². The minimum atomic E-state index is -1.11. The van der Waals surface area contributed by atoms with Crippen molar-refractivity contribution in [2.45, 2.75) is 25.3 Å². The molecule has 0 radical (unpaired) electrons. The van der Waals surface area contributed by atoms with E-state index in [-0.39, 0.29) is 25.2 Å². The smallest absolute Gasteiger partial charge is 0.138 e. The first-order valence-corrected chi connectivity index (χ1v) is 6.50. The summed E-state index contributed by atoms with van der Waals surface area (Å²) >= 11 is 0. The van der Waals surface area contributed by atoms with Crippen LogP contribution in [0.1, 0.15) is 18.3 Å². The van der Waals surface area contributed by atoms with Crippen molar-refractivity contribution in [2.24, 2.45) is 0 Å². The van der Waals surface area contributed by atoms with Crippen LogP contribution in [0.5, 0.6) is 0 Å². The van der Waals surface area contributed by atoms with E-state index in [0.29, 0.717) is 12.4 Å². The highest BCUT2D eigenvalue weighted by Gasteiger charge is 2.35. The fourth-order valence-corrected chi connectivity index (χ4v) is 2.31. The minimum Gasteiger partial charge on any atom is -0.395 e. The van der Waals surface area contributed by atoms with Gasteiger partial charge in [0.25, 0.3) is 0 Å². The molecule has 0 aliphatic heterocycles. The maximum Gasteiger partial charge on any atom is 0.138 e. The predicted octanol–water partition coefficient (Wildman–Crippen LogP) is 0.902. The molecule has 0 unspecified atom stereocenters. The van der Waals surface area contributed by atoms with E-state index in [4.69, 9.17) is 0 Å². The lowest BCUT2D eigenvalue weighted by Gasteiger charge is -2.30.